The number of aliphatic hydroxyl groups is 1. The van der Waals surface area contributed by atoms with E-state index in [9.17, 15) is 14.7 Å². The van der Waals surface area contributed by atoms with Crippen molar-refractivity contribution < 1.29 is 14.7 Å². The lowest BCUT2D eigenvalue weighted by Gasteiger charge is -2.18. The third-order valence-electron chi connectivity index (χ3n) is 2.26. The van der Waals surface area contributed by atoms with Gasteiger partial charge in [0.15, 0.2) is 0 Å². The first kappa shape index (κ1) is 10.3. The van der Waals surface area contributed by atoms with Crippen LogP contribution >= 0.6 is 15.9 Å². The zero-order chi connectivity index (χ0) is 11.0. The monoisotopic (exact) mass is 269 g/mol. The number of hydrogen-bond acceptors (Lipinski definition) is 3. The Hall–Kier alpha value is -1.20. The summed E-state index contributed by atoms with van der Waals surface area (Å²) in [5.74, 6) is -0.884. The van der Waals surface area contributed by atoms with Crippen LogP contribution in [0.4, 0.5) is 0 Å². The first-order valence-corrected chi connectivity index (χ1v) is 5.50. The van der Waals surface area contributed by atoms with E-state index >= 15 is 0 Å². The molecule has 1 aliphatic heterocycles. The molecule has 1 atom stereocenters. The second-order valence-electron chi connectivity index (χ2n) is 3.16. The molecule has 0 spiro atoms. The van der Waals surface area contributed by atoms with Crippen molar-refractivity contribution >= 4 is 27.7 Å². The Morgan fingerprint density at radius 2 is 1.67 bits per heavy atom. The van der Waals surface area contributed by atoms with Gasteiger partial charge >= 0.3 is 0 Å². The smallest absolute Gasteiger partial charge is 0.263 e. The van der Waals surface area contributed by atoms with Crippen molar-refractivity contribution in [1.82, 2.24) is 4.90 Å². The maximum atomic E-state index is 11.7. The minimum Gasteiger partial charge on any atom is -0.372 e. The number of alkyl halides is 1. The van der Waals surface area contributed by atoms with E-state index in [1.54, 1.807) is 24.3 Å². The molecule has 0 saturated carbocycles. The van der Waals surface area contributed by atoms with Crippen LogP contribution in [0.1, 0.15) is 20.7 Å². The zero-order valence-corrected chi connectivity index (χ0v) is 9.27. The van der Waals surface area contributed by atoms with E-state index in [-0.39, 0.29) is 5.33 Å². The molecule has 1 heterocycles. The molecular formula is C10H8BrNO3. The van der Waals surface area contributed by atoms with Gasteiger partial charge in [0.1, 0.15) is 6.23 Å². The predicted molar refractivity (Wildman–Crippen MR) is 56.7 cm³/mol. The lowest BCUT2D eigenvalue weighted by atomic mass is 10.1. The number of halogens is 1. The predicted octanol–water partition coefficient (Wildman–Crippen LogP) is 0.996. The Bertz CT molecular complexity index is 397. The summed E-state index contributed by atoms with van der Waals surface area (Å²) in [5.41, 5.74) is 0.699. The van der Waals surface area contributed by atoms with E-state index in [1.165, 1.54) is 0 Å². The van der Waals surface area contributed by atoms with Gasteiger partial charge < -0.3 is 5.11 Å². The normalized spacial score (nSPS) is 16.8. The molecule has 5 heteroatoms. The lowest BCUT2D eigenvalue weighted by Crippen LogP contribution is -2.40. The van der Waals surface area contributed by atoms with Crippen molar-refractivity contribution in [1.29, 1.82) is 0 Å². The highest BCUT2D eigenvalue weighted by Crippen LogP contribution is 2.24. The van der Waals surface area contributed by atoms with Crippen LogP contribution in [0.25, 0.3) is 0 Å². The fourth-order valence-electron chi connectivity index (χ4n) is 1.55. The van der Waals surface area contributed by atoms with Gasteiger partial charge in [-0.3, -0.25) is 9.59 Å². The number of carbonyl (C=O) groups is 2. The molecule has 15 heavy (non-hydrogen) atoms. The summed E-state index contributed by atoms with van der Waals surface area (Å²) >= 11 is 3.03. The van der Waals surface area contributed by atoms with Gasteiger partial charge in [-0.1, -0.05) is 28.1 Å². The van der Waals surface area contributed by atoms with Gasteiger partial charge in [-0.15, -0.1) is 0 Å². The number of hydrogen-bond donors (Lipinski definition) is 1. The number of rotatable bonds is 2. The number of aliphatic hydroxyl groups excluding tert-OH is 1. The molecule has 1 aliphatic rings. The van der Waals surface area contributed by atoms with Crippen LogP contribution in [-0.2, 0) is 0 Å². The number of fused-ring (bicyclic) bond motifs is 1. The van der Waals surface area contributed by atoms with Gasteiger partial charge in [0.25, 0.3) is 11.8 Å². The fraction of sp³-hybridized carbons (Fsp3) is 0.200. The zero-order valence-electron chi connectivity index (χ0n) is 7.68. The standard InChI is InChI=1S/C10H8BrNO3/c11-5-8(13)12-9(14)6-3-1-2-4-7(6)10(12)15/h1-4,8,13H,5H2. The lowest BCUT2D eigenvalue weighted by molar-refractivity contribution is 0.0234. The Kier molecular flexibility index (Phi) is 2.58. The molecule has 2 amide bonds. The minimum absolute atomic E-state index is 0.151. The van der Waals surface area contributed by atoms with E-state index in [0.717, 1.165) is 4.90 Å². The van der Waals surface area contributed by atoms with Gasteiger partial charge in [-0.05, 0) is 12.1 Å². The topological polar surface area (TPSA) is 57.6 Å². The van der Waals surface area contributed by atoms with Crippen molar-refractivity contribution in [2.45, 2.75) is 6.23 Å². The Morgan fingerprint density at radius 3 is 2.07 bits per heavy atom. The molecule has 78 valence electrons. The molecule has 0 fully saturated rings. The van der Waals surface area contributed by atoms with Gasteiger partial charge in [0, 0.05) is 5.33 Å². The van der Waals surface area contributed by atoms with Crippen molar-refractivity contribution in [3.8, 4) is 0 Å². The van der Waals surface area contributed by atoms with Gasteiger partial charge in [-0.25, -0.2) is 4.90 Å². The number of imide groups is 1. The van der Waals surface area contributed by atoms with E-state index in [4.69, 9.17) is 0 Å². The average Bonchev–Trinajstić information content (AvgIpc) is 2.52. The molecule has 0 saturated heterocycles. The van der Waals surface area contributed by atoms with Gasteiger partial charge in [-0.2, -0.15) is 0 Å². The Morgan fingerprint density at radius 1 is 1.20 bits per heavy atom. The number of carbonyl (C=O) groups excluding carboxylic acids is 2. The SMILES string of the molecule is O=C1c2ccccc2C(=O)N1C(O)CBr. The van der Waals surface area contributed by atoms with E-state index in [0.29, 0.717) is 11.1 Å². The Labute approximate surface area is 94.6 Å². The van der Waals surface area contributed by atoms with Crippen LogP contribution in [0.15, 0.2) is 24.3 Å². The number of benzene rings is 1. The van der Waals surface area contributed by atoms with E-state index < -0.39 is 18.0 Å². The van der Waals surface area contributed by atoms with Crippen LogP contribution < -0.4 is 0 Å². The largest absolute Gasteiger partial charge is 0.372 e. The van der Waals surface area contributed by atoms with Crippen LogP contribution in [-0.4, -0.2) is 33.4 Å². The van der Waals surface area contributed by atoms with Crippen LogP contribution in [0.2, 0.25) is 0 Å². The molecule has 4 nitrogen and oxygen atoms in total. The first-order chi connectivity index (χ1) is 7.16. The molecule has 2 rings (SSSR count). The first-order valence-electron chi connectivity index (χ1n) is 4.37. The molecule has 1 aromatic rings. The third kappa shape index (κ3) is 1.48. The van der Waals surface area contributed by atoms with E-state index in [2.05, 4.69) is 15.9 Å². The van der Waals surface area contributed by atoms with Crippen molar-refractivity contribution in [2.24, 2.45) is 0 Å². The van der Waals surface area contributed by atoms with Crippen molar-refractivity contribution in [3.63, 3.8) is 0 Å². The molecule has 0 bridgehead atoms. The summed E-state index contributed by atoms with van der Waals surface area (Å²) in [6.07, 6.45) is -1.11. The molecule has 1 unspecified atom stereocenters. The number of amides is 2. The molecule has 0 aliphatic carbocycles. The molecule has 1 aromatic carbocycles. The second kappa shape index (κ2) is 3.75. The molecule has 0 radical (unpaired) electrons. The molecular weight excluding hydrogens is 262 g/mol. The summed E-state index contributed by atoms with van der Waals surface area (Å²) in [7, 11) is 0. The van der Waals surface area contributed by atoms with Gasteiger partial charge in [0.05, 0.1) is 11.1 Å². The van der Waals surface area contributed by atoms with Crippen LogP contribution in [0, 0.1) is 0 Å². The summed E-state index contributed by atoms with van der Waals surface area (Å²) in [4.78, 5) is 24.3. The molecule has 0 aromatic heterocycles. The van der Waals surface area contributed by atoms with E-state index in [1.807, 2.05) is 0 Å². The maximum Gasteiger partial charge on any atom is 0.263 e. The highest BCUT2D eigenvalue weighted by molar-refractivity contribution is 9.09. The summed E-state index contributed by atoms with van der Waals surface area (Å²) in [5, 5.41) is 9.66. The van der Waals surface area contributed by atoms with Crippen molar-refractivity contribution in [2.75, 3.05) is 5.33 Å². The van der Waals surface area contributed by atoms with Crippen molar-refractivity contribution in [3.05, 3.63) is 35.4 Å². The summed E-state index contributed by atoms with van der Waals surface area (Å²) < 4.78 is 0. The summed E-state index contributed by atoms with van der Waals surface area (Å²) in [6.45, 7) is 0. The quantitative estimate of drug-likeness (QED) is 0.644. The molecule has 1 N–H and O–H groups in total. The summed E-state index contributed by atoms with van der Waals surface area (Å²) in [6, 6.07) is 6.54. The Balaban J connectivity index is 2.45. The van der Waals surface area contributed by atoms with Crippen LogP contribution in [0.5, 0.6) is 0 Å². The average molecular weight is 270 g/mol. The highest BCUT2D eigenvalue weighted by Gasteiger charge is 2.38. The number of nitrogens with zero attached hydrogens (tertiary/aromatic N) is 1. The second-order valence-corrected chi connectivity index (χ2v) is 3.81. The maximum absolute atomic E-state index is 11.7. The fourth-order valence-corrected chi connectivity index (χ4v) is 1.84. The minimum atomic E-state index is -1.11. The van der Waals surface area contributed by atoms with Crippen LogP contribution in [0.3, 0.4) is 0 Å². The highest BCUT2D eigenvalue weighted by atomic mass is 79.9. The third-order valence-corrected chi connectivity index (χ3v) is 2.84. The van der Waals surface area contributed by atoms with Gasteiger partial charge in [0.2, 0.25) is 0 Å².